The number of hydrogen-bond acceptors (Lipinski definition) is 5. The van der Waals surface area contributed by atoms with Gasteiger partial charge in [0.25, 0.3) is 0 Å². The van der Waals surface area contributed by atoms with E-state index >= 15 is 0 Å². The van der Waals surface area contributed by atoms with E-state index in [4.69, 9.17) is 5.11 Å². The number of esters is 1. The lowest BCUT2D eigenvalue weighted by molar-refractivity contribution is -0.139. The van der Waals surface area contributed by atoms with E-state index in [9.17, 15) is 14.4 Å². The first-order chi connectivity index (χ1) is 7.65. The molecule has 16 heavy (non-hydrogen) atoms. The fraction of sp³-hybridized carbons (Fsp3) is 0.545. The van der Waals surface area contributed by atoms with Crippen molar-refractivity contribution in [3.05, 3.63) is 11.6 Å². The van der Waals surface area contributed by atoms with E-state index in [-0.39, 0.29) is 19.6 Å². The maximum atomic E-state index is 11.2. The van der Waals surface area contributed by atoms with Crippen molar-refractivity contribution in [1.82, 2.24) is 0 Å². The van der Waals surface area contributed by atoms with Crippen LogP contribution in [0.5, 0.6) is 0 Å². The Kier molecular flexibility index (Phi) is 7.97. The maximum Gasteiger partial charge on any atom is 0.333 e. The zero-order valence-electron chi connectivity index (χ0n) is 9.22. The van der Waals surface area contributed by atoms with Gasteiger partial charge in [-0.3, -0.25) is 0 Å². The lowest BCUT2D eigenvalue weighted by atomic mass is 10.0. The molecule has 5 nitrogen and oxygen atoms in total. The standard InChI is InChI=1S/C11H16O5/c1-9(11(15)16-6-5-13)7-10(8-14)3-2-4-12/h4,7-8,10,13H,2-3,5-6H2,1H3/b9-7+. The third kappa shape index (κ3) is 6.08. The van der Waals surface area contributed by atoms with Gasteiger partial charge in [-0.2, -0.15) is 0 Å². The van der Waals surface area contributed by atoms with Gasteiger partial charge >= 0.3 is 5.97 Å². The lowest BCUT2D eigenvalue weighted by Crippen LogP contribution is -2.11. The van der Waals surface area contributed by atoms with Crippen LogP contribution < -0.4 is 0 Å². The number of rotatable bonds is 8. The molecule has 0 fully saturated rings. The molecule has 5 heteroatoms. The normalized spacial score (nSPS) is 13.0. The van der Waals surface area contributed by atoms with E-state index in [0.29, 0.717) is 18.3 Å². The summed E-state index contributed by atoms with van der Waals surface area (Å²) in [6, 6.07) is 0. The van der Waals surface area contributed by atoms with Crippen molar-refractivity contribution in [3.63, 3.8) is 0 Å². The number of aliphatic hydroxyl groups is 1. The van der Waals surface area contributed by atoms with Gasteiger partial charge in [0.1, 0.15) is 19.2 Å². The molecule has 0 saturated heterocycles. The molecule has 0 radical (unpaired) electrons. The number of ether oxygens (including phenoxy) is 1. The smallest absolute Gasteiger partial charge is 0.333 e. The van der Waals surface area contributed by atoms with Crippen LogP contribution in [0.25, 0.3) is 0 Å². The highest BCUT2D eigenvalue weighted by Gasteiger charge is 2.09. The molecule has 1 N–H and O–H groups in total. The van der Waals surface area contributed by atoms with Gasteiger partial charge < -0.3 is 19.4 Å². The van der Waals surface area contributed by atoms with E-state index in [1.54, 1.807) is 0 Å². The number of carbonyl (C=O) groups excluding carboxylic acids is 3. The number of hydrogen-bond donors (Lipinski definition) is 1. The molecule has 0 heterocycles. The van der Waals surface area contributed by atoms with E-state index in [1.165, 1.54) is 13.0 Å². The predicted molar refractivity (Wildman–Crippen MR) is 56.7 cm³/mol. The molecular weight excluding hydrogens is 212 g/mol. The molecule has 0 aromatic rings. The van der Waals surface area contributed by atoms with Gasteiger partial charge in [-0.1, -0.05) is 6.08 Å². The van der Waals surface area contributed by atoms with Crippen molar-refractivity contribution < 1.29 is 24.2 Å². The molecule has 0 aromatic heterocycles. The molecular formula is C11H16O5. The molecule has 0 aliphatic carbocycles. The molecule has 0 saturated carbocycles. The number of carbonyl (C=O) groups is 3. The SMILES string of the molecule is C/C(=C\C(C=O)CCC=O)C(=O)OCCO. The fourth-order valence-corrected chi connectivity index (χ4v) is 1.09. The predicted octanol–water partition coefficient (Wildman–Crippen LogP) is 0.262. The fourth-order valence-electron chi connectivity index (χ4n) is 1.09. The van der Waals surface area contributed by atoms with Gasteiger partial charge in [0.15, 0.2) is 0 Å². The Labute approximate surface area is 94.1 Å². The highest BCUT2D eigenvalue weighted by atomic mass is 16.5. The third-order valence-electron chi connectivity index (χ3n) is 1.90. The van der Waals surface area contributed by atoms with E-state index in [0.717, 1.165) is 6.29 Å². The molecule has 0 amide bonds. The van der Waals surface area contributed by atoms with Crippen LogP contribution in [0, 0.1) is 5.92 Å². The zero-order valence-corrected chi connectivity index (χ0v) is 9.22. The van der Waals surface area contributed by atoms with Gasteiger partial charge in [0, 0.05) is 17.9 Å². The van der Waals surface area contributed by atoms with Crippen molar-refractivity contribution in [2.75, 3.05) is 13.2 Å². The quantitative estimate of drug-likeness (QED) is 0.366. The summed E-state index contributed by atoms with van der Waals surface area (Å²) in [7, 11) is 0. The Morgan fingerprint density at radius 1 is 1.44 bits per heavy atom. The van der Waals surface area contributed by atoms with Gasteiger partial charge in [0.2, 0.25) is 0 Å². The highest BCUT2D eigenvalue weighted by molar-refractivity contribution is 5.88. The van der Waals surface area contributed by atoms with E-state index in [1.807, 2.05) is 0 Å². The average molecular weight is 228 g/mol. The minimum absolute atomic E-state index is 0.0654. The Bertz CT molecular complexity index is 270. The average Bonchev–Trinajstić information content (AvgIpc) is 2.30. The van der Waals surface area contributed by atoms with E-state index < -0.39 is 11.9 Å². The second kappa shape index (κ2) is 8.79. The molecule has 1 unspecified atom stereocenters. The van der Waals surface area contributed by atoms with Crippen LogP contribution in [0.4, 0.5) is 0 Å². The van der Waals surface area contributed by atoms with Crippen molar-refractivity contribution >= 4 is 18.5 Å². The molecule has 0 aromatic carbocycles. The van der Waals surface area contributed by atoms with Crippen LogP contribution >= 0.6 is 0 Å². The molecule has 0 aliphatic heterocycles. The Morgan fingerprint density at radius 3 is 2.62 bits per heavy atom. The Hall–Kier alpha value is -1.49. The topological polar surface area (TPSA) is 80.7 Å². The Balaban J connectivity index is 4.28. The van der Waals surface area contributed by atoms with Crippen LogP contribution in [-0.4, -0.2) is 36.9 Å². The summed E-state index contributed by atoms with van der Waals surface area (Å²) in [6.45, 7) is 1.22. The van der Waals surface area contributed by atoms with Gasteiger partial charge in [-0.05, 0) is 13.3 Å². The van der Waals surface area contributed by atoms with Gasteiger partial charge in [-0.15, -0.1) is 0 Å². The van der Waals surface area contributed by atoms with E-state index in [2.05, 4.69) is 4.74 Å². The second-order valence-corrected chi connectivity index (χ2v) is 3.25. The second-order valence-electron chi connectivity index (χ2n) is 3.25. The summed E-state index contributed by atoms with van der Waals surface area (Å²) in [5.41, 5.74) is 0.302. The highest BCUT2D eigenvalue weighted by Crippen LogP contribution is 2.08. The van der Waals surface area contributed by atoms with Crippen molar-refractivity contribution in [2.24, 2.45) is 5.92 Å². The number of aliphatic hydroxyl groups excluding tert-OH is 1. The van der Waals surface area contributed by atoms with Gasteiger partial charge in [-0.25, -0.2) is 4.79 Å². The molecule has 0 aliphatic rings. The summed E-state index contributed by atoms with van der Waals surface area (Å²) >= 11 is 0. The zero-order chi connectivity index (χ0) is 12.4. The van der Waals surface area contributed by atoms with Crippen molar-refractivity contribution in [2.45, 2.75) is 19.8 Å². The van der Waals surface area contributed by atoms with Crippen molar-refractivity contribution in [3.8, 4) is 0 Å². The minimum Gasteiger partial charge on any atom is -0.460 e. The summed E-state index contributed by atoms with van der Waals surface area (Å²) in [5.74, 6) is -1.01. The Morgan fingerprint density at radius 2 is 2.12 bits per heavy atom. The molecule has 0 spiro atoms. The largest absolute Gasteiger partial charge is 0.460 e. The molecule has 90 valence electrons. The van der Waals surface area contributed by atoms with Crippen molar-refractivity contribution in [1.29, 1.82) is 0 Å². The van der Waals surface area contributed by atoms with Crippen LogP contribution in [0.3, 0.4) is 0 Å². The van der Waals surface area contributed by atoms with Gasteiger partial charge in [0.05, 0.1) is 6.61 Å². The first-order valence-corrected chi connectivity index (χ1v) is 5.01. The van der Waals surface area contributed by atoms with Crippen LogP contribution in [-0.2, 0) is 19.1 Å². The first kappa shape index (κ1) is 14.5. The lowest BCUT2D eigenvalue weighted by Gasteiger charge is -2.05. The summed E-state index contributed by atoms with van der Waals surface area (Å²) < 4.78 is 4.66. The number of allylic oxidation sites excluding steroid dienone is 1. The molecule has 0 rings (SSSR count). The van der Waals surface area contributed by atoms with Crippen LogP contribution in [0.2, 0.25) is 0 Å². The molecule has 0 bridgehead atoms. The van der Waals surface area contributed by atoms with Crippen LogP contribution in [0.15, 0.2) is 11.6 Å². The third-order valence-corrected chi connectivity index (χ3v) is 1.90. The number of aldehydes is 2. The summed E-state index contributed by atoms with van der Waals surface area (Å²) in [5, 5.41) is 8.45. The summed E-state index contributed by atoms with van der Waals surface area (Å²) in [4.78, 5) is 32.0. The first-order valence-electron chi connectivity index (χ1n) is 5.01. The van der Waals surface area contributed by atoms with Crippen LogP contribution in [0.1, 0.15) is 19.8 Å². The summed E-state index contributed by atoms with van der Waals surface area (Å²) in [6.07, 6.45) is 3.54. The monoisotopic (exact) mass is 228 g/mol. The maximum absolute atomic E-state index is 11.2. The minimum atomic E-state index is -0.563. The molecule has 1 atom stereocenters.